The minimum Gasteiger partial charge on any atom is -0.303 e. The van der Waals surface area contributed by atoms with Crippen LogP contribution in [0.5, 0.6) is 0 Å². The quantitative estimate of drug-likeness (QED) is 0.678. The van der Waals surface area contributed by atoms with Gasteiger partial charge in [-0.15, -0.1) is 10.2 Å². The summed E-state index contributed by atoms with van der Waals surface area (Å²) in [5.41, 5.74) is 0. The Morgan fingerprint density at radius 1 is 1.33 bits per heavy atom. The largest absolute Gasteiger partial charge is 0.303 e. The number of nitrogens with zero attached hydrogens (tertiary/aromatic N) is 4. The Morgan fingerprint density at radius 2 is 2.08 bits per heavy atom. The highest BCUT2D eigenvalue weighted by Crippen LogP contribution is 1.91. The highest BCUT2D eigenvalue weighted by atomic mass is 15.5. The minimum atomic E-state index is 0.793. The summed E-state index contributed by atoms with van der Waals surface area (Å²) in [6.45, 7) is 7.47. The first-order valence-corrected chi connectivity index (χ1v) is 4.31. The molecule has 5 heteroatoms. The highest BCUT2D eigenvalue weighted by molar-refractivity contribution is 4.77. The fraction of sp³-hybridized carbons (Fsp3) is 0.857. The molecule has 12 heavy (non-hydrogen) atoms. The predicted octanol–water partition coefficient (Wildman–Crippen LogP) is 0.0840. The van der Waals surface area contributed by atoms with Crippen LogP contribution in [0, 0.1) is 0 Å². The maximum absolute atomic E-state index is 3.88. The summed E-state index contributed by atoms with van der Waals surface area (Å²) >= 11 is 0. The maximum Gasteiger partial charge on any atom is 0.175 e. The molecule has 0 fully saturated rings. The van der Waals surface area contributed by atoms with E-state index in [0.29, 0.717) is 0 Å². The van der Waals surface area contributed by atoms with E-state index in [9.17, 15) is 0 Å². The van der Waals surface area contributed by atoms with Crippen molar-refractivity contribution in [3.63, 3.8) is 0 Å². The molecule has 0 saturated carbocycles. The summed E-state index contributed by atoms with van der Waals surface area (Å²) in [7, 11) is 0. The number of likely N-dealkylation sites (N-methyl/N-ethyl adjacent to an activating group) is 1. The molecule has 1 aromatic rings. The van der Waals surface area contributed by atoms with Crippen molar-refractivity contribution in [1.29, 1.82) is 0 Å². The molecule has 5 nitrogen and oxygen atoms in total. The van der Waals surface area contributed by atoms with E-state index in [4.69, 9.17) is 0 Å². The van der Waals surface area contributed by atoms with Crippen LogP contribution >= 0.6 is 0 Å². The summed E-state index contributed by atoms with van der Waals surface area (Å²) < 4.78 is 0. The van der Waals surface area contributed by atoms with Crippen LogP contribution in [0.1, 0.15) is 19.7 Å². The van der Waals surface area contributed by atoms with Crippen molar-refractivity contribution >= 4 is 0 Å². The summed E-state index contributed by atoms with van der Waals surface area (Å²) in [6.07, 6.45) is 0.873. The lowest BCUT2D eigenvalue weighted by molar-refractivity contribution is 0.306. The first-order valence-electron chi connectivity index (χ1n) is 4.31. The standard InChI is InChI=1S/C7H15N5/c1-3-12(4-2)6-5-7-8-10-11-9-7/h3-6H2,1-2H3,(H,8,9,10,11). The number of hydrogen-bond donors (Lipinski definition) is 1. The molecule has 68 valence electrons. The van der Waals surface area contributed by atoms with Crippen LogP contribution in [0.2, 0.25) is 0 Å². The Morgan fingerprint density at radius 3 is 2.58 bits per heavy atom. The molecule has 0 aliphatic carbocycles. The van der Waals surface area contributed by atoms with Gasteiger partial charge in [0.1, 0.15) is 0 Å². The predicted molar refractivity (Wildman–Crippen MR) is 45.7 cm³/mol. The molecular weight excluding hydrogens is 154 g/mol. The second-order valence-electron chi connectivity index (χ2n) is 2.60. The highest BCUT2D eigenvalue weighted by Gasteiger charge is 2.01. The van der Waals surface area contributed by atoms with Crippen LogP contribution in [0.3, 0.4) is 0 Å². The van der Waals surface area contributed by atoms with Crippen LogP contribution in [-0.2, 0) is 6.42 Å². The molecule has 1 rings (SSSR count). The Balaban J connectivity index is 2.25. The van der Waals surface area contributed by atoms with Gasteiger partial charge in [0.05, 0.1) is 0 Å². The molecule has 0 radical (unpaired) electrons. The van der Waals surface area contributed by atoms with Gasteiger partial charge in [0, 0.05) is 13.0 Å². The van der Waals surface area contributed by atoms with Gasteiger partial charge in [-0.05, 0) is 13.1 Å². The van der Waals surface area contributed by atoms with Crippen molar-refractivity contribution in [2.75, 3.05) is 19.6 Å². The van der Waals surface area contributed by atoms with E-state index in [0.717, 1.165) is 31.9 Å². The number of H-pyrrole nitrogens is 1. The molecule has 0 aliphatic heterocycles. The minimum absolute atomic E-state index is 0.793. The molecule has 0 saturated heterocycles. The monoisotopic (exact) mass is 169 g/mol. The zero-order chi connectivity index (χ0) is 8.81. The molecule has 0 atom stereocenters. The lowest BCUT2D eigenvalue weighted by Gasteiger charge is -2.16. The SMILES string of the molecule is CCN(CC)CCc1nn[nH]n1. The van der Waals surface area contributed by atoms with Gasteiger partial charge in [-0.3, -0.25) is 0 Å². The van der Waals surface area contributed by atoms with Crippen molar-refractivity contribution in [1.82, 2.24) is 25.5 Å². The number of tetrazole rings is 1. The fourth-order valence-electron chi connectivity index (χ4n) is 1.09. The Labute approximate surface area is 72.2 Å². The number of rotatable bonds is 5. The third-order valence-corrected chi connectivity index (χ3v) is 1.94. The van der Waals surface area contributed by atoms with E-state index in [1.807, 2.05) is 0 Å². The lowest BCUT2D eigenvalue weighted by Crippen LogP contribution is -2.25. The van der Waals surface area contributed by atoms with Gasteiger partial charge in [-0.2, -0.15) is 5.21 Å². The van der Waals surface area contributed by atoms with Gasteiger partial charge in [-0.25, -0.2) is 0 Å². The van der Waals surface area contributed by atoms with Crippen LogP contribution in [0.15, 0.2) is 0 Å². The van der Waals surface area contributed by atoms with Gasteiger partial charge < -0.3 is 4.90 Å². The van der Waals surface area contributed by atoms with Crippen LogP contribution in [0.4, 0.5) is 0 Å². The van der Waals surface area contributed by atoms with Crippen molar-refractivity contribution in [3.8, 4) is 0 Å². The molecule has 1 aromatic heterocycles. The molecule has 0 unspecified atom stereocenters. The number of hydrogen-bond acceptors (Lipinski definition) is 4. The molecular formula is C7H15N5. The molecule has 0 bridgehead atoms. The molecule has 1 N–H and O–H groups in total. The topological polar surface area (TPSA) is 57.7 Å². The molecule has 0 amide bonds. The molecule has 0 aliphatic rings. The second kappa shape index (κ2) is 4.82. The first kappa shape index (κ1) is 9.12. The van der Waals surface area contributed by atoms with E-state index in [1.54, 1.807) is 0 Å². The van der Waals surface area contributed by atoms with Crippen molar-refractivity contribution in [3.05, 3.63) is 5.82 Å². The zero-order valence-corrected chi connectivity index (χ0v) is 7.62. The summed E-state index contributed by atoms with van der Waals surface area (Å²) in [5, 5.41) is 13.7. The normalized spacial score (nSPS) is 10.9. The molecule has 1 heterocycles. The van der Waals surface area contributed by atoms with Crippen molar-refractivity contribution < 1.29 is 0 Å². The summed E-state index contributed by atoms with van der Waals surface area (Å²) in [4.78, 5) is 2.33. The van der Waals surface area contributed by atoms with Gasteiger partial charge in [0.2, 0.25) is 0 Å². The Hall–Kier alpha value is -0.970. The molecule has 0 spiro atoms. The third-order valence-electron chi connectivity index (χ3n) is 1.94. The van der Waals surface area contributed by atoms with Crippen LogP contribution < -0.4 is 0 Å². The number of aromatic nitrogens is 4. The average Bonchev–Trinajstić information content (AvgIpc) is 2.59. The first-order chi connectivity index (χ1) is 5.86. The van der Waals surface area contributed by atoms with E-state index < -0.39 is 0 Å². The van der Waals surface area contributed by atoms with Crippen LogP contribution in [-0.4, -0.2) is 45.2 Å². The summed E-state index contributed by atoms with van der Waals surface area (Å²) in [5.74, 6) is 0.793. The fourth-order valence-corrected chi connectivity index (χ4v) is 1.09. The van der Waals surface area contributed by atoms with Gasteiger partial charge in [-0.1, -0.05) is 19.1 Å². The summed E-state index contributed by atoms with van der Waals surface area (Å²) in [6, 6.07) is 0. The van der Waals surface area contributed by atoms with Gasteiger partial charge in [0.15, 0.2) is 5.82 Å². The number of nitrogens with one attached hydrogen (secondary N) is 1. The van der Waals surface area contributed by atoms with E-state index in [-0.39, 0.29) is 0 Å². The average molecular weight is 169 g/mol. The zero-order valence-electron chi connectivity index (χ0n) is 7.62. The van der Waals surface area contributed by atoms with Gasteiger partial charge >= 0.3 is 0 Å². The van der Waals surface area contributed by atoms with Crippen LogP contribution in [0.25, 0.3) is 0 Å². The van der Waals surface area contributed by atoms with E-state index in [2.05, 4.69) is 39.4 Å². The maximum atomic E-state index is 3.88. The van der Waals surface area contributed by atoms with E-state index in [1.165, 1.54) is 0 Å². The Bertz CT molecular complexity index is 192. The van der Waals surface area contributed by atoms with Gasteiger partial charge in [0.25, 0.3) is 0 Å². The number of aromatic amines is 1. The third kappa shape index (κ3) is 2.58. The molecule has 0 aromatic carbocycles. The van der Waals surface area contributed by atoms with Crippen molar-refractivity contribution in [2.24, 2.45) is 0 Å². The Kier molecular flexibility index (Phi) is 3.66. The van der Waals surface area contributed by atoms with E-state index >= 15 is 0 Å². The smallest absolute Gasteiger partial charge is 0.175 e. The lowest BCUT2D eigenvalue weighted by atomic mass is 10.3. The van der Waals surface area contributed by atoms with Crippen molar-refractivity contribution in [2.45, 2.75) is 20.3 Å². The second-order valence-corrected chi connectivity index (χ2v) is 2.60.